The third kappa shape index (κ3) is 5.94. The second-order valence-corrected chi connectivity index (χ2v) is 6.95. The van der Waals surface area contributed by atoms with Gasteiger partial charge in [0.1, 0.15) is 17.3 Å². The van der Waals surface area contributed by atoms with Gasteiger partial charge in [0.2, 0.25) is 0 Å². The van der Waals surface area contributed by atoms with E-state index in [1.54, 1.807) is 31.2 Å². The molecule has 0 saturated carbocycles. The molecule has 2 aromatic carbocycles. The number of carbonyl (C=O) groups is 2. The summed E-state index contributed by atoms with van der Waals surface area (Å²) in [6, 6.07) is 14.7. The minimum absolute atomic E-state index is 0.154. The standard InChI is InChI=1S/C23H24N2O5/c1-15-4-8-19(9-5-15)29-20-10-6-18(7-11-20)24-22(26)14-28-23(27)13-12-21-16(2)25-30-17(21)3/h4-11H,12-14H2,1-3H3,(H,24,26). The molecule has 0 fully saturated rings. The van der Waals surface area contributed by atoms with E-state index < -0.39 is 11.9 Å². The Kier molecular flexibility index (Phi) is 6.85. The summed E-state index contributed by atoms with van der Waals surface area (Å²) in [5, 5.41) is 6.53. The number of hydrogen-bond donors (Lipinski definition) is 1. The van der Waals surface area contributed by atoms with E-state index in [1.807, 2.05) is 38.1 Å². The summed E-state index contributed by atoms with van der Waals surface area (Å²) < 4.78 is 15.9. The quantitative estimate of drug-likeness (QED) is 0.552. The van der Waals surface area contributed by atoms with Crippen LogP contribution in [0.2, 0.25) is 0 Å². The highest BCUT2D eigenvalue weighted by Gasteiger charge is 2.13. The van der Waals surface area contributed by atoms with Gasteiger partial charge in [-0.05, 0) is 63.6 Å². The van der Waals surface area contributed by atoms with Crippen LogP contribution in [0.15, 0.2) is 53.1 Å². The maximum absolute atomic E-state index is 12.0. The van der Waals surface area contributed by atoms with Crippen molar-refractivity contribution in [3.8, 4) is 11.5 Å². The van der Waals surface area contributed by atoms with Crippen LogP contribution in [0.1, 0.15) is 29.0 Å². The number of anilines is 1. The number of hydrogen-bond acceptors (Lipinski definition) is 6. The van der Waals surface area contributed by atoms with E-state index in [0.29, 0.717) is 23.6 Å². The fraction of sp³-hybridized carbons (Fsp3) is 0.261. The molecule has 30 heavy (non-hydrogen) atoms. The van der Waals surface area contributed by atoms with Crippen molar-refractivity contribution in [2.24, 2.45) is 0 Å². The molecule has 0 unspecified atom stereocenters. The van der Waals surface area contributed by atoms with Crippen LogP contribution in [0, 0.1) is 20.8 Å². The highest BCUT2D eigenvalue weighted by Crippen LogP contribution is 2.23. The topological polar surface area (TPSA) is 90.7 Å². The Bertz CT molecular complexity index is 988. The van der Waals surface area contributed by atoms with Gasteiger partial charge in [-0.2, -0.15) is 0 Å². The summed E-state index contributed by atoms with van der Waals surface area (Å²) in [6.45, 7) is 5.28. The number of carbonyl (C=O) groups excluding carboxylic acids is 2. The maximum Gasteiger partial charge on any atom is 0.306 e. The molecular weight excluding hydrogens is 384 g/mol. The molecule has 3 aromatic rings. The van der Waals surface area contributed by atoms with Crippen LogP contribution in [0.25, 0.3) is 0 Å². The zero-order valence-electron chi connectivity index (χ0n) is 17.2. The number of rotatable bonds is 8. The summed E-state index contributed by atoms with van der Waals surface area (Å²) in [7, 11) is 0. The average Bonchev–Trinajstić information content (AvgIpc) is 3.05. The van der Waals surface area contributed by atoms with E-state index in [4.69, 9.17) is 14.0 Å². The molecule has 0 radical (unpaired) electrons. The normalized spacial score (nSPS) is 10.5. The van der Waals surface area contributed by atoms with Gasteiger partial charge in [-0.3, -0.25) is 9.59 Å². The summed E-state index contributed by atoms with van der Waals surface area (Å²) >= 11 is 0. The third-order valence-corrected chi connectivity index (χ3v) is 4.52. The number of nitrogens with one attached hydrogen (secondary N) is 1. The fourth-order valence-electron chi connectivity index (χ4n) is 2.85. The van der Waals surface area contributed by atoms with Crippen molar-refractivity contribution in [2.75, 3.05) is 11.9 Å². The average molecular weight is 408 g/mol. The van der Waals surface area contributed by atoms with Crippen LogP contribution >= 0.6 is 0 Å². The van der Waals surface area contributed by atoms with E-state index in [2.05, 4.69) is 10.5 Å². The Morgan fingerprint density at radius 3 is 2.20 bits per heavy atom. The van der Waals surface area contributed by atoms with Crippen LogP contribution < -0.4 is 10.1 Å². The Balaban J connectivity index is 1.42. The zero-order chi connectivity index (χ0) is 21.5. The van der Waals surface area contributed by atoms with Crippen molar-refractivity contribution in [3.63, 3.8) is 0 Å². The minimum atomic E-state index is -0.452. The number of esters is 1. The minimum Gasteiger partial charge on any atom is -0.457 e. The molecule has 1 aromatic heterocycles. The largest absolute Gasteiger partial charge is 0.457 e. The van der Waals surface area contributed by atoms with Gasteiger partial charge in [-0.15, -0.1) is 0 Å². The molecule has 0 saturated heterocycles. The highest BCUT2D eigenvalue weighted by molar-refractivity contribution is 5.92. The second-order valence-electron chi connectivity index (χ2n) is 6.95. The molecule has 0 aliphatic carbocycles. The van der Waals surface area contributed by atoms with E-state index in [1.165, 1.54) is 0 Å². The third-order valence-electron chi connectivity index (χ3n) is 4.52. The van der Waals surface area contributed by atoms with E-state index in [9.17, 15) is 9.59 Å². The van der Waals surface area contributed by atoms with E-state index >= 15 is 0 Å². The SMILES string of the molecule is Cc1ccc(Oc2ccc(NC(=O)COC(=O)CCc3c(C)noc3C)cc2)cc1. The summed E-state index contributed by atoms with van der Waals surface area (Å²) in [4.78, 5) is 23.9. The van der Waals surface area contributed by atoms with Gasteiger partial charge in [0.15, 0.2) is 6.61 Å². The molecular formula is C23H24N2O5. The summed E-state index contributed by atoms with van der Waals surface area (Å²) in [6.07, 6.45) is 0.616. The second kappa shape index (κ2) is 9.73. The summed E-state index contributed by atoms with van der Waals surface area (Å²) in [5.74, 6) is 1.22. The number of benzene rings is 2. The molecule has 7 nitrogen and oxygen atoms in total. The van der Waals surface area contributed by atoms with Crippen LogP contribution in [-0.4, -0.2) is 23.6 Å². The van der Waals surface area contributed by atoms with Crippen LogP contribution in [-0.2, 0) is 20.7 Å². The lowest BCUT2D eigenvalue weighted by Crippen LogP contribution is -2.21. The van der Waals surface area contributed by atoms with Crippen LogP contribution in [0.5, 0.6) is 11.5 Å². The van der Waals surface area contributed by atoms with Crippen LogP contribution in [0.3, 0.4) is 0 Å². The van der Waals surface area contributed by atoms with Crippen molar-refractivity contribution in [2.45, 2.75) is 33.6 Å². The van der Waals surface area contributed by atoms with Gasteiger partial charge in [0.05, 0.1) is 5.69 Å². The van der Waals surface area contributed by atoms with Crippen molar-refractivity contribution >= 4 is 17.6 Å². The van der Waals surface area contributed by atoms with Gasteiger partial charge in [0.25, 0.3) is 5.91 Å². The van der Waals surface area contributed by atoms with Gasteiger partial charge in [0, 0.05) is 17.7 Å². The van der Waals surface area contributed by atoms with E-state index in [-0.39, 0.29) is 13.0 Å². The van der Waals surface area contributed by atoms with Crippen molar-refractivity contribution in [1.29, 1.82) is 0 Å². The first-order valence-electron chi connectivity index (χ1n) is 9.62. The van der Waals surface area contributed by atoms with Crippen molar-refractivity contribution < 1.29 is 23.6 Å². The molecule has 3 rings (SSSR count). The first-order chi connectivity index (χ1) is 14.4. The number of ether oxygens (including phenoxy) is 2. The van der Waals surface area contributed by atoms with Gasteiger partial charge < -0.3 is 19.3 Å². The predicted octanol–water partition coefficient (Wildman–Crippen LogP) is 4.51. The Morgan fingerprint density at radius 2 is 1.60 bits per heavy atom. The lowest BCUT2D eigenvalue weighted by Gasteiger charge is -2.09. The molecule has 7 heteroatoms. The van der Waals surface area contributed by atoms with Crippen LogP contribution in [0.4, 0.5) is 5.69 Å². The molecule has 0 aliphatic rings. The zero-order valence-corrected chi connectivity index (χ0v) is 17.2. The fourth-order valence-corrected chi connectivity index (χ4v) is 2.85. The monoisotopic (exact) mass is 408 g/mol. The maximum atomic E-state index is 12.0. The molecule has 1 heterocycles. The molecule has 1 N–H and O–H groups in total. The smallest absolute Gasteiger partial charge is 0.306 e. The van der Waals surface area contributed by atoms with Crippen molar-refractivity contribution in [3.05, 3.63) is 71.1 Å². The van der Waals surface area contributed by atoms with Crippen molar-refractivity contribution in [1.82, 2.24) is 5.16 Å². The number of amides is 1. The molecule has 0 atom stereocenters. The molecule has 0 aliphatic heterocycles. The first kappa shape index (κ1) is 21.1. The molecule has 0 bridgehead atoms. The highest BCUT2D eigenvalue weighted by atomic mass is 16.5. The number of aryl methyl sites for hydroxylation is 3. The van der Waals surface area contributed by atoms with Gasteiger partial charge >= 0.3 is 5.97 Å². The van der Waals surface area contributed by atoms with E-state index in [0.717, 1.165) is 22.6 Å². The number of aromatic nitrogens is 1. The lowest BCUT2D eigenvalue weighted by atomic mass is 10.1. The Hall–Kier alpha value is -3.61. The van der Waals surface area contributed by atoms with Gasteiger partial charge in [-0.25, -0.2) is 0 Å². The predicted molar refractivity (Wildman–Crippen MR) is 112 cm³/mol. The summed E-state index contributed by atoms with van der Waals surface area (Å²) in [5.41, 5.74) is 3.39. The molecule has 0 spiro atoms. The molecule has 1 amide bonds. The Morgan fingerprint density at radius 1 is 0.967 bits per heavy atom. The molecule has 156 valence electrons. The van der Waals surface area contributed by atoms with Gasteiger partial charge in [-0.1, -0.05) is 22.9 Å². The lowest BCUT2D eigenvalue weighted by molar-refractivity contribution is -0.147. The first-order valence-corrected chi connectivity index (χ1v) is 9.62. The number of nitrogens with zero attached hydrogens (tertiary/aromatic N) is 1. The Labute approximate surface area is 175 Å².